The number of Topliss-reactive ketones (excluding diaryl/α,β-unsaturated/α-hetero) is 1. The maximum atomic E-state index is 13.5. The van der Waals surface area contributed by atoms with Crippen molar-refractivity contribution in [2.24, 2.45) is 0 Å². The van der Waals surface area contributed by atoms with E-state index in [-0.39, 0.29) is 23.6 Å². The molecule has 5 rings (SSSR count). The van der Waals surface area contributed by atoms with Gasteiger partial charge in [-0.1, -0.05) is 34.1 Å². The minimum Gasteiger partial charge on any atom is -0.508 e. The molecule has 3 heterocycles. The first-order chi connectivity index (χ1) is 15.9. The van der Waals surface area contributed by atoms with E-state index in [4.69, 9.17) is 4.42 Å². The van der Waals surface area contributed by atoms with E-state index in [2.05, 4.69) is 20.9 Å². The molecule has 4 aromatic rings. The molecule has 164 valence electrons. The highest BCUT2D eigenvalue weighted by molar-refractivity contribution is 9.10. The molecule has 0 bridgehead atoms. The number of carbonyl (C=O) groups excluding carboxylic acids is 2. The number of hydrogen-bond donors (Lipinski definition) is 2. The molecule has 1 aliphatic rings. The van der Waals surface area contributed by atoms with Crippen LogP contribution in [0.4, 0.5) is 0 Å². The molecule has 0 radical (unpaired) electrons. The fourth-order valence-electron chi connectivity index (χ4n) is 4.02. The Morgan fingerprint density at radius 3 is 2.67 bits per heavy atom. The molecule has 1 aliphatic heterocycles. The van der Waals surface area contributed by atoms with E-state index < -0.39 is 23.5 Å². The van der Waals surface area contributed by atoms with Crippen molar-refractivity contribution in [1.29, 1.82) is 0 Å². The van der Waals surface area contributed by atoms with Gasteiger partial charge in [0.1, 0.15) is 11.3 Å². The third-order valence-electron chi connectivity index (χ3n) is 5.49. The van der Waals surface area contributed by atoms with Gasteiger partial charge >= 0.3 is 0 Å². The zero-order valence-corrected chi connectivity index (χ0v) is 18.7. The molecule has 1 amide bonds. The van der Waals surface area contributed by atoms with Crippen molar-refractivity contribution in [2.75, 3.05) is 0 Å². The normalized spacial score (nSPS) is 16.1. The third-order valence-corrected chi connectivity index (χ3v) is 5.99. The second kappa shape index (κ2) is 8.22. The fourth-order valence-corrected chi connectivity index (χ4v) is 4.39. The molecule has 0 spiro atoms. The smallest absolute Gasteiger partial charge is 0.290 e. The largest absolute Gasteiger partial charge is 0.508 e. The van der Waals surface area contributed by atoms with Crippen LogP contribution in [-0.2, 0) is 11.3 Å². The fraction of sp³-hybridized carbons (Fsp3) is 0.0800. The lowest BCUT2D eigenvalue weighted by Crippen LogP contribution is -2.31. The van der Waals surface area contributed by atoms with Gasteiger partial charge in [-0.25, -0.2) is 0 Å². The van der Waals surface area contributed by atoms with Crippen molar-refractivity contribution >= 4 is 38.6 Å². The lowest BCUT2D eigenvalue weighted by Gasteiger charge is -2.26. The average molecular weight is 505 g/mol. The van der Waals surface area contributed by atoms with Gasteiger partial charge in [0.25, 0.3) is 5.91 Å². The number of fused-ring (bicyclic) bond motifs is 1. The topological polar surface area (TPSA) is 104 Å². The molecule has 1 atom stereocenters. The van der Waals surface area contributed by atoms with Gasteiger partial charge in [-0.2, -0.15) is 0 Å². The number of carbonyl (C=O) groups is 2. The second-order valence-corrected chi connectivity index (χ2v) is 8.55. The summed E-state index contributed by atoms with van der Waals surface area (Å²) in [6.07, 6.45) is 1.60. The SMILES string of the molecule is O=C(C1=C(O)C(=O)N(Cc2ccccn2)C1c1cccc(O)c1)c1cc2cc(Br)ccc2o1. The van der Waals surface area contributed by atoms with Gasteiger partial charge in [-0.05, 0) is 54.1 Å². The molecule has 0 saturated carbocycles. The van der Waals surface area contributed by atoms with E-state index in [9.17, 15) is 19.8 Å². The molecule has 0 aliphatic carbocycles. The van der Waals surface area contributed by atoms with Crippen LogP contribution in [0.3, 0.4) is 0 Å². The van der Waals surface area contributed by atoms with Gasteiger partial charge in [0, 0.05) is 16.1 Å². The first kappa shape index (κ1) is 21.0. The number of aliphatic hydroxyl groups excluding tert-OH is 1. The standard InChI is InChI=1S/C25H17BrN2O5/c26-16-7-8-19-15(10-16)12-20(33-19)23(30)21-22(14-4-3-6-18(29)11-14)28(25(32)24(21)31)13-17-5-1-2-9-27-17/h1-12,22,29,31H,13H2. The number of benzene rings is 2. The summed E-state index contributed by atoms with van der Waals surface area (Å²) in [7, 11) is 0. The molecule has 0 saturated heterocycles. The average Bonchev–Trinajstić information content (AvgIpc) is 3.33. The first-order valence-corrected chi connectivity index (χ1v) is 10.9. The van der Waals surface area contributed by atoms with Crippen molar-refractivity contribution in [3.05, 3.63) is 106 Å². The van der Waals surface area contributed by atoms with Crippen LogP contribution in [0.15, 0.2) is 93.1 Å². The van der Waals surface area contributed by atoms with Gasteiger partial charge in [0.05, 0.1) is 23.9 Å². The van der Waals surface area contributed by atoms with Crippen molar-refractivity contribution < 1.29 is 24.2 Å². The molecular formula is C25H17BrN2O5. The molecule has 33 heavy (non-hydrogen) atoms. The van der Waals surface area contributed by atoms with Crippen LogP contribution in [0.5, 0.6) is 5.75 Å². The Hall–Kier alpha value is -3.91. The minimum atomic E-state index is -0.931. The van der Waals surface area contributed by atoms with E-state index in [1.165, 1.54) is 17.0 Å². The van der Waals surface area contributed by atoms with Crippen LogP contribution in [0.25, 0.3) is 11.0 Å². The number of rotatable bonds is 5. The van der Waals surface area contributed by atoms with Crippen molar-refractivity contribution in [3.8, 4) is 5.75 Å². The Bertz CT molecular complexity index is 1430. The maximum absolute atomic E-state index is 13.5. The van der Waals surface area contributed by atoms with Crippen LogP contribution in [-0.4, -0.2) is 31.8 Å². The van der Waals surface area contributed by atoms with Gasteiger partial charge in [-0.3, -0.25) is 14.6 Å². The van der Waals surface area contributed by atoms with Crippen molar-refractivity contribution in [2.45, 2.75) is 12.6 Å². The summed E-state index contributed by atoms with van der Waals surface area (Å²) >= 11 is 3.39. The van der Waals surface area contributed by atoms with Gasteiger partial charge < -0.3 is 19.5 Å². The molecule has 2 aromatic carbocycles. The summed E-state index contributed by atoms with van der Waals surface area (Å²) in [4.78, 5) is 32.2. The highest BCUT2D eigenvalue weighted by Crippen LogP contribution is 2.41. The number of amides is 1. The lowest BCUT2D eigenvalue weighted by atomic mass is 9.94. The van der Waals surface area contributed by atoms with E-state index in [0.29, 0.717) is 22.2 Å². The highest BCUT2D eigenvalue weighted by Gasteiger charge is 2.44. The number of ketones is 1. The quantitative estimate of drug-likeness (QED) is 0.367. The Balaban J connectivity index is 1.61. The summed E-state index contributed by atoms with van der Waals surface area (Å²) in [6, 6.07) is 17.5. The monoisotopic (exact) mass is 504 g/mol. The maximum Gasteiger partial charge on any atom is 0.290 e. The predicted molar refractivity (Wildman–Crippen MR) is 124 cm³/mol. The van der Waals surface area contributed by atoms with Gasteiger partial charge in [-0.15, -0.1) is 0 Å². The third kappa shape index (κ3) is 3.78. The number of aromatic hydroxyl groups is 1. The number of phenolic OH excluding ortho intramolecular Hbond substituents is 1. The number of phenols is 1. The van der Waals surface area contributed by atoms with Gasteiger partial charge in [0.2, 0.25) is 5.78 Å². The molecule has 0 fully saturated rings. The molecule has 7 nitrogen and oxygen atoms in total. The van der Waals surface area contributed by atoms with E-state index in [0.717, 1.165) is 4.47 Å². The number of nitrogens with zero attached hydrogens (tertiary/aromatic N) is 2. The zero-order valence-electron chi connectivity index (χ0n) is 17.1. The number of furan rings is 1. The number of aliphatic hydroxyl groups is 1. The number of aromatic nitrogens is 1. The predicted octanol–water partition coefficient (Wildman–Crippen LogP) is 5.07. The summed E-state index contributed by atoms with van der Waals surface area (Å²) in [5.74, 6) is -1.97. The van der Waals surface area contributed by atoms with Crippen LogP contribution >= 0.6 is 15.9 Å². The Morgan fingerprint density at radius 1 is 1.06 bits per heavy atom. The number of pyridine rings is 1. The van der Waals surface area contributed by atoms with Crippen molar-refractivity contribution in [1.82, 2.24) is 9.88 Å². The second-order valence-electron chi connectivity index (χ2n) is 7.64. The molecule has 8 heteroatoms. The Labute approximate surface area is 196 Å². The number of halogens is 1. The van der Waals surface area contributed by atoms with Crippen LogP contribution in [0.1, 0.15) is 27.9 Å². The molecule has 2 N–H and O–H groups in total. The molecular weight excluding hydrogens is 488 g/mol. The van der Waals surface area contributed by atoms with Crippen LogP contribution < -0.4 is 0 Å². The Morgan fingerprint density at radius 2 is 1.91 bits per heavy atom. The molecule has 1 unspecified atom stereocenters. The molecule has 2 aromatic heterocycles. The van der Waals surface area contributed by atoms with E-state index in [1.807, 2.05) is 6.07 Å². The first-order valence-electron chi connectivity index (χ1n) is 10.1. The Kier molecular flexibility index (Phi) is 5.22. The zero-order chi connectivity index (χ0) is 23.1. The van der Waals surface area contributed by atoms with Crippen LogP contribution in [0.2, 0.25) is 0 Å². The van der Waals surface area contributed by atoms with Crippen LogP contribution in [0, 0.1) is 0 Å². The minimum absolute atomic E-state index is 0.00212. The summed E-state index contributed by atoms with van der Waals surface area (Å²) in [5, 5.41) is 21.5. The van der Waals surface area contributed by atoms with Gasteiger partial charge in [0.15, 0.2) is 11.5 Å². The number of hydrogen-bond acceptors (Lipinski definition) is 6. The summed E-state index contributed by atoms with van der Waals surface area (Å²) in [5.41, 5.74) is 1.46. The highest BCUT2D eigenvalue weighted by atomic mass is 79.9. The van der Waals surface area contributed by atoms with Crippen molar-refractivity contribution in [3.63, 3.8) is 0 Å². The summed E-state index contributed by atoms with van der Waals surface area (Å²) in [6.45, 7) is 0.0634. The summed E-state index contributed by atoms with van der Waals surface area (Å²) < 4.78 is 6.56. The van der Waals surface area contributed by atoms with E-state index >= 15 is 0 Å². The lowest BCUT2D eigenvalue weighted by molar-refractivity contribution is -0.130. The van der Waals surface area contributed by atoms with E-state index in [1.54, 1.807) is 54.7 Å².